The molecule has 0 saturated carbocycles. The number of methoxy groups -OCH3 is 1. The van der Waals surface area contributed by atoms with Gasteiger partial charge < -0.3 is 10.1 Å². The van der Waals surface area contributed by atoms with Crippen LogP contribution in [-0.2, 0) is 4.79 Å². The third kappa shape index (κ3) is 2.92. The summed E-state index contributed by atoms with van der Waals surface area (Å²) >= 11 is 0. The Kier molecular flexibility index (Phi) is 4.29. The molecule has 2 aliphatic rings. The summed E-state index contributed by atoms with van der Waals surface area (Å²) in [5.74, 6) is 0.708. The number of ether oxygens (including phenoxy) is 1. The molecule has 0 aliphatic carbocycles. The summed E-state index contributed by atoms with van der Waals surface area (Å²) in [7, 11) is 1.65. The number of urea groups is 1. The molecule has 1 aromatic carbocycles. The summed E-state index contributed by atoms with van der Waals surface area (Å²) in [6.45, 7) is 2.18. The second-order valence-corrected chi connectivity index (χ2v) is 5.68. The highest BCUT2D eigenvalue weighted by atomic mass is 16.5. The van der Waals surface area contributed by atoms with Crippen LogP contribution in [0.3, 0.4) is 0 Å². The van der Waals surface area contributed by atoms with Crippen LogP contribution in [0.1, 0.15) is 24.4 Å². The highest BCUT2D eigenvalue weighted by molar-refractivity contribution is 5.96. The van der Waals surface area contributed by atoms with Crippen LogP contribution in [0.15, 0.2) is 24.3 Å². The molecule has 2 heterocycles. The molecule has 0 spiro atoms. The normalized spacial score (nSPS) is 22.0. The Morgan fingerprint density at radius 3 is 3.00 bits per heavy atom. The first-order valence-electron chi connectivity index (χ1n) is 7.65. The summed E-state index contributed by atoms with van der Waals surface area (Å²) in [6.07, 6.45) is 2.08. The van der Waals surface area contributed by atoms with Crippen molar-refractivity contribution in [2.24, 2.45) is 0 Å². The van der Waals surface area contributed by atoms with E-state index >= 15 is 0 Å². The molecule has 2 fully saturated rings. The van der Waals surface area contributed by atoms with Crippen molar-refractivity contribution in [1.29, 1.82) is 0 Å². The van der Waals surface area contributed by atoms with Gasteiger partial charge >= 0.3 is 6.03 Å². The number of hydrogen-bond acceptors (Lipinski definition) is 4. The number of carbonyl (C=O) groups is 2. The van der Waals surface area contributed by atoms with Crippen LogP contribution in [0.5, 0.6) is 5.75 Å². The lowest BCUT2D eigenvalue weighted by atomic mass is 10.0. The highest BCUT2D eigenvalue weighted by Crippen LogP contribution is 2.33. The number of rotatable bonds is 4. The van der Waals surface area contributed by atoms with E-state index < -0.39 is 0 Å². The number of benzene rings is 1. The molecule has 3 amide bonds. The fourth-order valence-corrected chi connectivity index (χ4v) is 3.21. The maximum atomic E-state index is 12.3. The molecule has 0 radical (unpaired) electrons. The Hall–Kier alpha value is -2.08. The average Bonchev–Trinajstić information content (AvgIpc) is 3.16. The van der Waals surface area contributed by atoms with Crippen LogP contribution in [0.2, 0.25) is 0 Å². The van der Waals surface area contributed by atoms with E-state index in [2.05, 4.69) is 16.3 Å². The predicted molar refractivity (Wildman–Crippen MR) is 81.7 cm³/mol. The van der Waals surface area contributed by atoms with E-state index in [0.29, 0.717) is 13.1 Å². The van der Waals surface area contributed by atoms with Crippen LogP contribution < -0.4 is 10.1 Å². The topological polar surface area (TPSA) is 61.9 Å². The number of likely N-dealkylation sites (tertiary alicyclic amines) is 1. The van der Waals surface area contributed by atoms with Crippen molar-refractivity contribution in [3.63, 3.8) is 0 Å². The van der Waals surface area contributed by atoms with Gasteiger partial charge in [-0.15, -0.1) is 0 Å². The second kappa shape index (κ2) is 6.36. The molecule has 2 saturated heterocycles. The Balaban J connectivity index is 1.70. The van der Waals surface area contributed by atoms with E-state index in [4.69, 9.17) is 4.74 Å². The molecule has 0 bridgehead atoms. The third-order valence-electron chi connectivity index (χ3n) is 4.34. The minimum Gasteiger partial charge on any atom is -0.497 e. The van der Waals surface area contributed by atoms with Gasteiger partial charge in [0.15, 0.2) is 0 Å². The van der Waals surface area contributed by atoms with Gasteiger partial charge in [-0.2, -0.15) is 0 Å². The van der Waals surface area contributed by atoms with Gasteiger partial charge in [0, 0.05) is 19.1 Å². The highest BCUT2D eigenvalue weighted by Gasteiger charge is 2.32. The van der Waals surface area contributed by atoms with E-state index in [1.54, 1.807) is 7.11 Å². The molecular formula is C16H21N3O3. The van der Waals surface area contributed by atoms with Gasteiger partial charge in [0.05, 0.1) is 13.7 Å². The number of carbonyl (C=O) groups excluding carboxylic acids is 2. The first-order valence-corrected chi connectivity index (χ1v) is 7.65. The Labute approximate surface area is 130 Å². The number of nitrogens with zero attached hydrogens (tertiary/aromatic N) is 2. The molecule has 6 nitrogen and oxygen atoms in total. The first-order chi connectivity index (χ1) is 10.7. The van der Waals surface area contributed by atoms with Gasteiger partial charge in [-0.05, 0) is 37.1 Å². The molecule has 118 valence electrons. The molecule has 0 aromatic heterocycles. The zero-order valence-electron chi connectivity index (χ0n) is 12.7. The molecule has 1 unspecified atom stereocenters. The molecule has 6 heteroatoms. The van der Waals surface area contributed by atoms with Crippen LogP contribution in [-0.4, -0.2) is 55.0 Å². The Morgan fingerprint density at radius 1 is 1.41 bits per heavy atom. The van der Waals surface area contributed by atoms with Gasteiger partial charge in [0.1, 0.15) is 5.75 Å². The van der Waals surface area contributed by atoms with Gasteiger partial charge in [-0.25, -0.2) is 4.79 Å². The average molecular weight is 303 g/mol. The SMILES string of the molecule is COc1cccc(C2CCCN2CC(=O)N2CCNC2=O)c1. The zero-order valence-corrected chi connectivity index (χ0v) is 12.7. The van der Waals surface area contributed by atoms with E-state index in [-0.39, 0.29) is 24.5 Å². The van der Waals surface area contributed by atoms with Gasteiger partial charge in [-0.3, -0.25) is 14.6 Å². The third-order valence-corrected chi connectivity index (χ3v) is 4.34. The van der Waals surface area contributed by atoms with Crippen LogP contribution in [0.25, 0.3) is 0 Å². The van der Waals surface area contributed by atoms with Crippen molar-refractivity contribution >= 4 is 11.9 Å². The lowest BCUT2D eigenvalue weighted by Gasteiger charge is -2.26. The minimum absolute atomic E-state index is 0.121. The monoisotopic (exact) mass is 303 g/mol. The summed E-state index contributed by atoms with van der Waals surface area (Å²) in [5.41, 5.74) is 1.16. The van der Waals surface area contributed by atoms with Crippen molar-refractivity contribution in [1.82, 2.24) is 15.1 Å². The first kappa shape index (κ1) is 14.8. The second-order valence-electron chi connectivity index (χ2n) is 5.68. The minimum atomic E-state index is -0.276. The number of nitrogens with one attached hydrogen (secondary N) is 1. The number of imide groups is 1. The largest absolute Gasteiger partial charge is 0.497 e. The van der Waals surface area contributed by atoms with Crippen LogP contribution in [0.4, 0.5) is 4.79 Å². The summed E-state index contributed by atoms with van der Waals surface area (Å²) in [4.78, 5) is 27.4. The lowest BCUT2D eigenvalue weighted by molar-refractivity contribution is -0.129. The fourth-order valence-electron chi connectivity index (χ4n) is 3.21. The molecule has 2 aliphatic heterocycles. The summed E-state index contributed by atoms with van der Waals surface area (Å²) < 4.78 is 5.28. The molecule has 22 heavy (non-hydrogen) atoms. The maximum Gasteiger partial charge on any atom is 0.324 e. The smallest absolute Gasteiger partial charge is 0.324 e. The maximum absolute atomic E-state index is 12.3. The standard InChI is InChI=1S/C16H21N3O3/c1-22-13-5-2-4-12(10-13)14-6-3-8-18(14)11-15(20)19-9-7-17-16(19)21/h2,4-5,10,14H,3,6-9,11H2,1H3,(H,17,21). The molecule has 1 aromatic rings. The number of amides is 3. The van der Waals surface area contributed by atoms with Gasteiger partial charge in [0.2, 0.25) is 5.91 Å². The molecular weight excluding hydrogens is 282 g/mol. The Morgan fingerprint density at radius 2 is 2.27 bits per heavy atom. The quantitative estimate of drug-likeness (QED) is 0.913. The van der Waals surface area contributed by atoms with Crippen LogP contribution in [0, 0.1) is 0 Å². The molecule has 3 rings (SSSR count). The van der Waals surface area contributed by atoms with Crippen LogP contribution >= 0.6 is 0 Å². The summed E-state index contributed by atoms with van der Waals surface area (Å²) in [6, 6.07) is 7.92. The van der Waals surface area contributed by atoms with Gasteiger partial charge in [0.25, 0.3) is 0 Å². The van der Waals surface area contributed by atoms with Crippen molar-refractivity contribution in [3.05, 3.63) is 29.8 Å². The summed E-state index contributed by atoms with van der Waals surface area (Å²) in [5, 5.41) is 2.66. The van der Waals surface area contributed by atoms with Crippen molar-refractivity contribution in [3.8, 4) is 5.75 Å². The van der Waals surface area contributed by atoms with Crippen molar-refractivity contribution in [2.75, 3.05) is 33.3 Å². The van der Waals surface area contributed by atoms with Crippen molar-refractivity contribution < 1.29 is 14.3 Å². The van der Waals surface area contributed by atoms with E-state index in [0.717, 1.165) is 30.7 Å². The lowest BCUT2D eigenvalue weighted by Crippen LogP contribution is -2.41. The van der Waals surface area contributed by atoms with Crippen molar-refractivity contribution in [2.45, 2.75) is 18.9 Å². The molecule has 1 atom stereocenters. The van der Waals surface area contributed by atoms with E-state index in [9.17, 15) is 9.59 Å². The Bertz CT molecular complexity index is 576. The fraction of sp³-hybridized carbons (Fsp3) is 0.500. The molecule has 1 N–H and O–H groups in total. The predicted octanol–water partition coefficient (Wildman–Crippen LogP) is 1.38. The van der Waals surface area contributed by atoms with E-state index in [1.807, 2.05) is 18.2 Å². The zero-order chi connectivity index (χ0) is 15.5. The van der Waals surface area contributed by atoms with Gasteiger partial charge in [-0.1, -0.05) is 12.1 Å². The van der Waals surface area contributed by atoms with E-state index in [1.165, 1.54) is 4.90 Å². The number of hydrogen-bond donors (Lipinski definition) is 1.